The van der Waals surface area contributed by atoms with Gasteiger partial charge in [-0.1, -0.05) is 6.07 Å². The van der Waals surface area contributed by atoms with Crippen molar-refractivity contribution in [1.82, 2.24) is 4.90 Å². The van der Waals surface area contributed by atoms with Gasteiger partial charge in [-0.15, -0.1) is 0 Å². The maximum Gasteiger partial charge on any atom is 0.173 e. The summed E-state index contributed by atoms with van der Waals surface area (Å²) < 4.78 is 34.8. The van der Waals surface area contributed by atoms with Gasteiger partial charge in [0.05, 0.1) is 24.7 Å². The van der Waals surface area contributed by atoms with E-state index in [-0.39, 0.29) is 23.7 Å². The number of rotatable bonds is 5. The van der Waals surface area contributed by atoms with Gasteiger partial charge >= 0.3 is 0 Å². The van der Waals surface area contributed by atoms with E-state index in [1.165, 1.54) is 0 Å². The van der Waals surface area contributed by atoms with Gasteiger partial charge in [-0.05, 0) is 43.6 Å². The van der Waals surface area contributed by atoms with Crippen LogP contribution in [0.1, 0.15) is 19.3 Å². The Hall–Kier alpha value is -1.38. The molecule has 0 spiro atoms. The van der Waals surface area contributed by atoms with Crippen molar-refractivity contribution in [3.63, 3.8) is 0 Å². The number of nitrogens with zero attached hydrogens (tertiary/aromatic N) is 1. The van der Waals surface area contributed by atoms with E-state index in [2.05, 4.69) is 5.32 Å². The highest BCUT2D eigenvalue weighted by Crippen LogP contribution is 2.23. The Labute approximate surface area is 154 Å². The lowest BCUT2D eigenvalue weighted by atomic mass is 10.2. The second kappa shape index (κ2) is 7.88. The molecule has 0 amide bonds. The van der Waals surface area contributed by atoms with Crippen molar-refractivity contribution in [2.24, 2.45) is 0 Å². The summed E-state index contributed by atoms with van der Waals surface area (Å²) in [7, 11) is -1.37. The van der Waals surface area contributed by atoms with Crippen LogP contribution in [0.3, 0.4) is 0 Å². The molecular weight excluding hydrogens is 360 g/mol. The average molecular weight is 385 g/mol. The number of methoxy groups -OCH3 is 1. The lowest BCUT2D eigenvalue weighted by molar-refractivity contribution is 0.0851. The molecule has 2 atom stereocenters. The van der Waals surface area contributed by atoms with Crippen molar-refractivity contribution in [3.8, 4) is 5.75 Å². The lowest BCUT2D eigenvalue weighted by Crippen LogP contribution is -2.47. The molecule has 1 aromatic carbocycles. The van der Waals surface area contributed by atoms with Crippen LogP contribution in [0.4, 0.5) is 5.69 Å². The van der Waals surface area contributed by atoms with Crippen LogP contribution in [0, 0.1) is 0 Å². The minimum Gasteiger partial charge on any atom is -0.497 e. The zero-order chi connectivity index (χ0) is 17.9. The number of hydrogen-bond acceptors (Lipinski definition) is 5. The Morgan fingerprint density at radius 3 is 2.92 bits per heavy atom. The van der Waals surface area contributed by atoms with Crippen LogP contribution < -0.4 is 10.1 Å². The van der Waals surface area contributed by atoms with Gasteiger partial charge < -0.3 is 19.7 Å². The predicted molar refractivity (Wildman–Crippen MR) is 102 cm³/mol. The highest BCUT2D eigenvalue weighted by molar-refractivity contribution is 7.91. The monoisotopic (exact) mass is 384 g/mol. The predicted octanol–water partition coefficient (Wildman–Crippen LogP) is 2.06. The van der Waals surface area contributed by atoms with E-state index >= 15 is 0 Å². The standard InChI is InChI=1S/C17H24N2O4S2/c1-22-15-5-2-4-13(10-15)18-17(24)19(11-16-6-3-8-23-16)14-7-9-25(20,21)12-14/h2,4-5,10,14,16H,3,6-9,11-12H2,1H3,(H,18,24)/t14-,16-/m1/s1. The van der Waals surface area contributed by atoms with Gasteiger partial charge in [0, 0.05) is 30.9 Å². The molecule has 2 aliphatic rings. The molecular formula is C17H24N2O4S2. The summed E-state index contributed by atoms with van der Waals surface area (Å²) in [6.45, 7) is 1.38. The molecule has 2 fully saturated rings. The van der Waals surface area contributed by atoms with Crippen LogP contribution in [0.15, 0.2) is 24.3 Å². The van der Waals surface area contributed by atoms with E-state index in [1.54, 1.807) is 7.11 Å². The maximum absolute atomic E-state index is 11.9. The van der Waals surface area contributed by atoms with Gasteiger partial charge in [-0.25, -0.2) is 8.42 Å². The fraction of sp³-hybridized carbons (Fsp3) is 0.588. The van der Waals surface area contributed by atoms with Crippen molar-refractivity contribution >= 4 is 32.9 Å². The first-order valence-electron chi connectivity index (χ1n) is 8.50. The quantitative estimate of drug-likeness (QED) is 0.780. The Kier molecular flexibility index (Phi) is 5.81. The molecule has 0 radical (unpaired) electrons. The van der Waals surface area contributed by atoms with Crippen LogP contribution >= 0.6 is 12.2 Å². The topological polar surface area (TPSA) is 67.9 Å². The minimum atomic E-state index is -2.98. The molecule has 0 aliphatic carbocycles. The molecule has 0 bridgehead atoms. The van der Waals surface area contributed by atoms with Gasteiger partial charge in [0.15, 0.2) is 14.9 Å². The van der Waals surface area contributed by atoms with Crippen LogP contribution in [0.2, 0.25) is 0 Å². The summed E-state index contributed by atoms with van der Waals surface area (Å²) in [5, 5.41) is 3.76. The van der Waals surface area contributed by atoms with Crippen molar-refractivity contribution in [2.45, 2.75) is 31.4 Å². The van der Waals surface area contributed by atoms with Crippen molar-refractivity contribution in [3.05, 3.63) is 24.3 Å². The largest absolute Gasteiger partial charge is 0.497 e. The van der Waals surface area contributed by atoms with Gasteiger partial charge in [0.1, 0.15) is 5.75 Å². The van der Waals surface area contributed by atoms with E-state index < -0.39 is 9.84 Å². The van der Waals surface area contributed by atoms with Crippen LogP contribution in [-0.4, -0.2) is 62.3 Å². The first-order valence-corrected chi connectivity index (χ1v) is 10.7. The number of anilines is 1. The summed E-state index contributed by atoms with van der Waals surface area (Å²) in [6, 6.07) is 7.42. The van der Waals surface area contributed by atoms with Gasteiger partial charge in [-0.3, -0.25) is 0 Å². The number of ether oxygens (including phenoxy) is 2. The zero-order valence-electron chi connectivity index (χ0n) is 14.3. The fourth-order valence-electron chi connectivity index (χ4n) is 3.32. The molecule has 1 aromatic rings. The molecule has 2 aliphatic heterocycles. The van der Waals surface area contributed by atoms with Gasteiger partial charge in [0.2, 0.25) is 0 Å². The molecule has 3 rings (SSSR count). The lowest BCUT2D eigenvalue weighted by Gasteiger charge is -2.33. The van der Waals surface area contributed by atoms with E-state index in [9.17, 15) is 8.42 Å². The first-order chi connectivity index (χ1) is 12.0. The maximum atomic E-state index is 11.9. The summed E-state index contributed by atoms with van der Waals surface area (Å²) in [5.74, 6) is 1.11. The second-order valence-corrected chi connectivity index (χ2v) is 9.12. The van der Waals surface area contributed by atoms with Crippen molar-refractivity contribution in [2.75, 3.05) is 37.1 Å². The third-order valence-electron chi connectivity index (χ3n) is 4.66. The molecule has 0 aromatic heterocycles. The number of benzene rings is 1. The molecule has 138 valence electrons. The number of sulfone groups is 1. The molecule has 1 N–H and O–H groups in total. The molecule has 2 heterocycles. The van der Waals surface area contributed by atoms with E-state index in [0.717, 1.165) is 30.9 Å². The smallest absolute Gasteiger partial charge is 0.173 e. The van der Waals surface area contributed by atoms with Crippen LogP contribution in [0.25, 0.3) is 0 Å². The normalized spacial score (nSPS) is 24.8. The highest BCUT2D eigenvalue weighted by atomic mass is 32.2. The molecule has 6 nitrogen and oxygen atoms in total. The zero-order valence-corrected chi connectivity index (χ0v) is 15.9. The Bertz CT molecular complexity index is 717. The molecule has 0 saturated carbocycles. The Morgan fingerprint density at radius 1 is 1.44 bits per heavy atom. The third kappa shape index (κ3) is 4.83. The summed E-state index contributed by atoms with van der Waals surface area (Å²) >= 11 is 5.61. The number of hydrogen-bond donors (Lipinski definition) is 1. The van der Waals surface area contributed by atoms with Gasteiger partial charge in [0.25, 0.3) is 0 Å². The highest BCUT2D eigenvalue weighted by Gasteiger charge is 2.35. The first kappa shape index (κ1) is 18.4. The minimum absolute atomic E-state index is 0.0974. The summed E-state index contributed by atoms with van der Waals surface area (Å²) in [5.41, 5.74) is 0.822. The van der Waals surface area contributed by atoms with E-state index in [4.69, 9.17) is 21.7 Å². The fourth-order valence-corrected chi connectivity index (χ4v) is 5.39. The molecule has 25 heavy (non-hydrogen) atoms. The van der Waals surface area contributed by atoms with Crippen LogP contribution in [0.5, 0.6) is 5.75 Å². The van der Waals surface area contributed by atoms with Crippen LogP contribution in [-0.2, 0) is 14.6 Å². The second-order valence-electron chi connectivity index (χ2n) is 6.51. The Balaban J connectivity index is 1.73. The van der Waals surface area contributed by atoms with Crippen molar-refractivity contribution in [1.29, 1.82) is 0 Å². The number of thiocarbonyl (C=S) groups is 1. The van der Waals surface area contributed by atoms with Crippen molar-refractivity contribution < 1.29 is 17.9 Å². The Morgan fingerprint density at radius 2 is 2.28 bits per heavy atom. The molecule has 0 unspecified atom stereocenters. The molecule has 8 heteroatoms. The van der Waals surface area contributed by atoms with E-state index in [0.29, 0.717) is 18.1 Å². The number of nitrogens with one attached hydrogen (secondary N) is 1. The SMILES string of the molecule is COc1cccc(NC(=S)N(C[C@H]2CCCO2)[C@@H]2CCS(=O)(=O)C2)c1. The van der Waals surface area contributed by atoms with Gasteiger partial charge in [-0.2, -0.15) is 0 Å². The third-order valence-corrected chi connectivity index (χ3v) is 6.74. The van der Waals surface area contributed by atoms with E-state index in [1.807, 2.05) is 29.2 Å². The summed E-state index contributed by atoms with van der Waals surface area (Å²) in [6.07, 6.45) is 2.73. The summed E-state index contributed by atoms with van der Waals surface area (Å²) in [4.78, 5) is 2.00. The average Bonchev–Trinajstić information content (AvgIpc) is 3.21. The molecule has 2 saturated heterocycles.